The van der Waals surface area contributed by atoms with E-state index in [0.717, 1.165) is 31.3 Å². The molecule has 2 unspecified atom stereocenters. The number of alkyl halides is 3. The number of nitrogens with zero attached hydrogens (tertiary/aromatic N) is 1. The van der Waals surface area contributed by atoms with Crippen molar-refractivity contribution in [3.63, 3.8) is 0 Å². The average molecular weight is 334 g/mol. The lowest BCUT2D eigenvalue weighted by Crippen LogP contribution is -2.45. The van der Waals surface area contributed by atoms with Gasteiger partial charge in [0.25, 0.3) is 5.56 Å². The summed E-state index contributed by atoms with van der Waals surface area (Å²) in [5, 5.41) is 3.36. The number of hydrogen-bond donors (Lipinski definition) is 1. The van der Waals surface area contributed by atoms with Crippen molar-refractivity contribution < 1.29 is 13.2 Å². The lowest BCUT2D eigenvalue weighted by atomic mass is 9.84. The molecule has 24 heavy (non-hydrogen) atoms. The summed E-state index contributed by atoms with van der Waals surface area (Å²) in [5.41, 5.74) is -0.0726. The van der Waals surface area contributed by atoms with Crippen LogP contribution in [0.25, 0.3) is 11.1 Å². The fraction of sp³-hybridized carbons (Fsp3) is 0.389. The Morgan fingerprint density at radius 3 is 2.62 bits per heavy atom. The Kier molecular flexibility index (Phi) is 3.53. The van der Waals surface area contributed by atoms with Crippen LogP contribution in [0.1, 0.15) is 23.6 Å². The first kappa shape index (κ1) is 15.4. The molecule has 3 nitrogen and oxygen atoms in total. The number of pyridine rings is 1. The van der Waals surface area contributed by atoms with Gasteiger partial charge in [-0.05, 0) is 42.6 Å². The maximum atomic E-state index is 13.3. The van der Waals surface area contributed by atoms with Crippen LogP contribution in [0.5, 0.6) is 0 Å². The van der Waals surface area contributed by atoms with E-state index in [-0.39, 0.29) is 22.6 Å². The van der Waals surface area contributed by atoms with Gasteiger partial charge in [0, 0.05) is 30.3 Å². The molecule has 0 amide bonds. The molecule has 6 heteroatoms. The smallest absolute Gasteiger partial charge is 0.316 e. The van der Waals surface area contributed by atoms with Crippen molar-refractivity contribution in [1.29, 1.82) is 0 Å². The van der Waals surface area contributed by atoms with Gasteiger partial charge in [0.15, 0.2) is 0 Å². The molecular formula is C18H17F3N2O. The maximum Gasteiger partial charge on any atom is 0.417 e. The van der Waals surface area contributed by atoms with Crippen molar-refractivity contribution in [1.82, 2.24) is 9.88 Å². The third-order valence-corrected chi connectivity index (χ3v) is 5.03. The van der Waals surface area contributed by atoms with E-state index in [9.17, 15) is 18.0 Å². The van der Waals surface area contributed by atoms with Crippen molar-refractivity contribution in [2.45, 2.75) is 25.1 Å². The van der Waals surface area contributed by atoms with Gasteiger partial charge in [-0.2, -0.15) is 13.2 Å². The minimum absolute atomic E-state index is 0.0424. The summed E-state index contributed by atoms with van der Waals surface area (Å²) in [4.78, 5) is 12.9. The van der Waals surface area contributed by atoms with Crippen LogP contribution in [-0.2, 0) is 12.7 Å². The minimum atomic E-state index is -4.48. The molecule has 2 aromatic rings. The first-order valence-corrected chi connectivity index (χ1v) is 8.06. The minimum Gasteiger partial charge on any atom is -0.316 e. The van der Waals surface area contributed by atoms with Crippen LogP contribution in [0.2, 0.25) is 0 Å². The Labute approximate surface area is 137 Å². The quantitative estimate of drug-likeness (QED) is 0.869. The molecule has 2 aliphatic rings. The summed E-state index contributed by atoms with van der Waals surface area (Å²) in [6.45, 7) is 2.24. The lowest BCUT2D eigenvalue weighted by Gasteiger charge is -2.37. The highest BCUT2D eigenvalue weighted by atomic mass is 19.4. The third kappa shape index (κ3) is 2.45. The number of piperidine rings is 1. The van der Waals surface area contributed by atoms with Gasteiger partial charge < -0.3 is 9.88 Å². The summed E-state index contributed by atoms with van der Waals surface area (Å²) < 4.78 is 41.5. The predicted octanol–water partition coefficient (Wildman–Crippen LogP) is 3.24. The number of aromatic nitrogens is 1. The van der Waals surface area contributed by atoms with Crippen LogP contribution >= 0.6 is 0 Å². The van der Waals surface area contributed by atoms with Gasteiger partial charge in [0.1, 0.15) is 0 Å². The Hall–Kier alpha value is -2.08. The van der Waals surface area contributed by atoms with Crippen LogP contribution in [0, 0.1) is 5.92 Å². The molecule has 3 heterocycles. The zero-order valence-electron chi connectivity index (χ0n) is 12.9. The normalized spacial score (nSPS) is 23.0. The van der Waals surface area contributed by atoms with Crippen LogP contribution in [0.15, 0.2) is 41.2 Å². The molecule has 2 aliphatic heterocycles. The van der Waals surface area contributed by atoms with E-state index in [2.05, 4.69) is 5.32 Å². The second-order valence-corrected chi connectivity index (χ2v) is 6.59. The van der Waals surface area contributed by atoms with Crippen LogP contribution in [-0.4, -0.2) is 17.7 Å². The third-order valence-electron chi connectivity index (χ3n) is 5.03. The van der Waals surface area contributed by atoms with Gasteiger partial charge in [-0.3, -0.25) is 4.79 Å². The Morgan fingerprint density at radius 2 is 1.83 bits per heavy atom. The molecule has 1 fully saturated rings. The second-order valence-electron chi connectivity index (χ2n) is 6.59. The zero-order valence-corrected chi connectivity index (χ0v) is 12.9. The second kappa shape index (κ2) is 5.48. The molecule has 0 aliphatic carbocycles. The van der Waals surface area contributed by atoms with E-state index in [1.165, 1.54) is 18.2 Å². The van der Waals surface area contributed by atoms with Crippen molar-refractivity contribution in [3.8, 4) is 11.1 Å². The first-order valence-electron chi connectivity index (χ1n) is 8.06. The summed E-state index contributed by atoms with van der Waals surface area (Å²) in [6, 6.07) is 8.64. The number of rotatable bonds is 1. The van der Waals surface area contributed by atoms with Crippen molar-refractivity contribution >= 4 is 0 Å². The molecule has 4 rings (SSSR count). The highest BCUT2D eigenvalue weighted by molar-refractivity contribution is 5.67. The number of halogens is 3. The number of hydrogen-bond acceptors (Lipinski definition) is 2. The van der Waals surface area contributed by atoms with E-state index in [1.54, 1.807) is 10.6 Å². The fourth-order valence-electron chi connectivity index (χ4n) is 3.96. The molecule has 1 saturated heterocycles. The monoisotopic (exact) mass is 334 g/mol. The van der Waals surface area contributed by atoms with Crippen LogP contribution < -0.4 is 10.9 Å². The predicted molar refractivity (Wildman–Crippen MR) is 84.9 cm³/mol. The summed E-state index contributed by atoms with van der Waals surface area (Å²) >= 11 is 0. The van der Waals surface area contributed by atoms with E-state index >= 15 is 0 Å². The summed E-state index contributed by atoms with van der Waals surface area (Å²) in [7, 11) is 0. The van der Waals surface area contributed by atoms with E-state index in [1.807, 2.05) is 6.07 Å². The summed E-state index contributed by atoms with van der Waals surface area (Å²) in [5.74, 6) is 0.624. The van der Waals surface area contributed by atoms with Gasteiger partial charge in [-0.15, -0.1) is 0 Å². The summed E-state index contributed by atoms with van der Waals surface area (Å²) in [6.07, 6.45) is -3.45. The van der Waals surface area contributed by atoms with Gasteiger partial charge >= 0.3 is 6.18 Å². The van der Waals surface area contributed by atoms with E-state index < -0.39 is 11.7 Å². The van der Waals surface area contributed by atoms with Crippen molar-refractivity contribution in [2.75, 3.05) is 13.1 Å². The molecule has 2 bridgehead atoms. The fourth-order valence-corrected chi connectivity index (χ4v) is 3.96. The lowest BCUT2D eigenvalue weighted by molar-refractivity contribution is -0.137. The van der Waals surface area contributed by atoms with E-state index in [4.69, 9.17) is 0 Å². The number of nitrogens with one attached hydrogen (secondary N) is 1. The maximum absolute atomic E-state index is 13.3. The molecule has 1 N–H and O–H groups in total. The van der Waals surface area contributed by atoms with Crippen molar-refractivity contribution in [2.24, 2.45) is 5.92 Å². The largest absolute Gasteiger partial charge is 0.417 e. The molecule has 1 aromatic carbocycles. The SMILES string of the molecule is O=c1c(-c2ccccc2C(F)(F)F)ccc2n1CC1CNCC2C1. The topological polar surface area (TPSA) is 34.0 Å². The zero-order chi connectivity index (χ0) is 16.9. The van der Waals surface area contributed by atoms with Crippen LogP contribution in [0.4, 0.5) is 13.2 Å². The molecule has 0 radical (unpaired) electrons. The molecule has 2 atom stereocenters. The van der Waals surface area contributed by atoms with Crippen molar-refractivity contribution in [3.05, 3.63) is 58.0 Å². The van der Waals surface area contributed by atoms with Gasteiger partial charge in [-0.25, -0.2) is 0 Å². The van der Waals surface area contributed by atoms with E-state index in [0.29, 0.717) is 12.5 Å². The first-order chi connectivity index (χ1) is 11.4. The average Bonchev–Trinajstić information content (AvgIpc) is 2.55. The number of benzene rings is 1. The molecule has 0 spiro atoms. The van der Waals surface area contributed by atoms with Gasteiger partial charge in [0.2, 0.25) is 0 Å². The molecule has 0 saturated carbocycles. The molecular weight excluding hydrogens is 317 g/mol. The Bertz CT molecular complexity index is 841. The Morgan fingerprint density at radius 1 is 1.04 bits per heavy atom. The standard InChI is InChI=1S/C18H17F3N2O/c19-18(20,21)15-4-2-1-3-13(15)14-5-6-16-12-7-11(8-22-9-12)10-23(16)17(14)24/h1-6,11-12,22H,7-10H2. The highest BCUT2D eigenvalue weighted by Crippen LogP contribution is 2.37. The number of fused-ring (bicyclic) bond motifs is 4. The molecule has 1 aromatic heterocycles. The van der Waals surface area contributed by atoms with Crippen LogP contribution in [0.3, 0.4) is 0 Å². The Balaban J connectivity index is 1.88. The van der Waals surface area contributed by atoms with Gasteiger partial charge in [0.05, 0.1) is 5.56 Å². The highest BCUT2D eigenvalue weighted by Gasteiger charge is 2.35. The van der Waals surface area contributed by atoms with Gasteiger partial charge in [-0.1, -0.05) is 18.2 Å². The molecule has 126 valence electrons.